The van der Waals surface area contributed by atoms with Crippen LogP contribution >= 0.6 is 15.9 Å². The van der Waals surface area contributed by atoms with Gasteiger partial charge in [0.15, 0.2) is 17.2 Å². The maximum atomic E-state index is 13.6. The van der Waals surface area contributed by atoms with E-state index in [9.17, 15) is 9.18 Å². The standard InChI is InChI=1S/C20H19BrFNO4/c1-4-9-27-17-7-5-13(10-18(17)25-2)6-8-19(24)23-16-12-14(22)11-15(21)20(16)26-3/h4-8,10-12H,1,9H2,2-3H3,(H,23,24)/b8-6+. The van der Waals surface area contributed by atoms with Gasteiger partial charge >= 0.3 is 0 Å². The van der Waals surface area contributed by atoms with Gasteiger partial charge in [0, 0.05) is 12.1 Å². The summed E-state index contributed by atoms with van der Waals surface area (Å²) in [6.45, 7) is 3.96. The zero-order valence-electron chi connectivity index (χ0n) is 14.9. The lowest BCUT2D eigenvalue weighted by Crippen LogP contribution is -2.09. The average Bonchev–Trinajstić information content (AvgIpc) is 2.64. The number of carbonyl (C=O) groups excluding carboxylic acids is 1. The molecule has 0 unspecified atom stereocenters. The van der Waals surface area contributed by atoms with Gasteiger partial charge in [-0.2, -0.15) is 0 Å². The summed E-state index contributed by atoms with van der Waals surface area (Å²) in [4.78, 5) is 12.2. The Balaban J connectivity index is 2.14. The summed E-state index contributed by atoms with van der Waals surface area (Å²) in [6, 6.07) is 7.70. The lowest BCUT2D eigenvalue weighted by atomic mass is 10.2. The Morgan fingerprint density at radius 1 is 1.22 bits per heavy atom. The minimum Gasteiger partial charge on any atom is -0.493 e. The summed E-state index contributed by atoms with van der Waals surface area (Å²) < 4.78 is 29.9. The average molecular weight is 436 g/mol. The summed E-state index contributed by atoms with van der Waals surface area (Å²) in [5.74, 6) is 0.519. The van der Waals surface area contributed by atoms with Crippen molar-refractivity contribution in [1.29, 1.82) is 0 Å². The summed E-state index contributed by atoms with van der Waals surface area (Å²) in [6.07, 6.45) is 4.57. The van der Waals surface area contributed by atoms with Crippen molar-refractivity contribution in [3.63, 3.8) is 0 Å². The van der Waals surface area contributed by atoms with Crippen molar-refractivity contribution in [1.82, 2.24) is 0 Å². The number of hydrogen-bond acceptors (Lipinski definition) is 4. The van der Waals surface area contributed by atoms with Crippen molar-refractivity contribution in [2.45, 2.75) is 0 Å². The minimum atomic E-state index is -0.498. The summed E-state index contributed by atoms with van der Waals surface area (Å²) in [5, 5.41) is 2.59. The molecule has 5 nitrogen and oxygen atoms in total. The number of amides is 1. The van der Waals surface area contributed by atoms with Gasteiger partial charge in [0.1, 0.15) is 12.4 Å². The fraction of sp³-hybridized carbons (Fsp3) is 0.150. The lowest BCUT2D eigenvalue weighted by molar-refractivity contribution is -0.111. The summed E-state index contributed by atoms with van der Waals surface area (Å²) in [7, 11) is 2.97. The van der Waals surface area contributed by atoms with Gasteiger partial charge in [-0.05, 0) is 45.8 Å². The van der Waals surface area contributed by atoms with E-state index >= 15 is 0 Å². The molecule has 0 atom stereocenters. The maximum absolute atomic E-state index is 13.6. The van der Waals surface area contributed by atoms with Crippen molar-refractivity contribution in [2.75, 3.05) is 26.1 Å². The number of rotatable bonds is 8. The molecule has 0 aliphatic heterocycles. The van der Waals surface area contributed by atoms with E-state index in [4.69, 9.17) is 14.2 Å². The largest absolute Gasteiger partial charge is 0.493 e. The van der Waals surface area contributed by atoms with E-state index in [0.29, 0.717) is 28.3 Å². The van der Waals surface area contributed by atoms with Crippen LogP contribution in [-0.4, -0.2) is 26.7 Å². The second-order valence-electron chi connectivity index (χ2n) is 5.30. The molecule has 0 heterocycles. The number of nitrogens with one attached hydrogen (secondary N) is 1. The first-order valence-electron chi connectivity index (χ1n) is 7.92. The molecule has 2 aromatic carbocycles. The molecule has 2 aromatic rings. The number of ether oxygens (including phenoxy) is 3. The zero-order chi connectivity index (χ0) is 19.8. The Hall–Kier alpha value is -2.80. The molecule has 0 aliphatic carbocycles. The Kier molecular flexibility index (Phi) is 7.43. The highest BCUT2D eigenvalue weighted by Crippen LogP contribution is 2.34. The molecule has 0 fully saturated rings. The molecular formula is C20H19BrFNO4. The summed E-state index contributed by atoms with van der Waals surface area (Å²) >= 11 is 3.20. The molecule has 0 aliphatic rings. The van der Waals surface area contributed by atoms with E-state index in [-0.39, 0.29) is 5.69 Å². The van der Waals surface area contributed by atoms with E-state index in [1.54, 1.807) is 30.4 Å². The molecule has 0 aromatic heterocycles. The zero-order valence-corrected chi connectivity index (χ0v) is 16.5. The Labute approximate surface area is 165 Å². The third-order valence-electron chi connectivity index (χ3n) is 3.44. The highest BCUT2D eigenvalue weighted by molar-refractivity contribution is 9.10. The van der Waals surface area contributed by atoms with Gasteiger partial charge in [-0.15, -0.1) is 0 Å². The predicted octanol–water partition coefficient (Wildman–Crippen LogP) is 4.82. The highest BCUT2D eigenvalue weighted by atomic mass is 79.9. The van der Waals surface area contributed by atoms with Crippen LogP contribution in [0.5, 0.6) is 17.2 Å². The number of carbonyl (C=O) groups is 1. The fourth-order valence-corrected chi connectivity index (χ4v) is 2.86. The first-order valence-corrected chi connectivity index (χ1v) is 8.71. The predicted molar refractivity (Wildman–Crippen MR) is 107 cm³/mol. The normalized spacial score (nSPS) is 10.5. The second kappa shape index (κ2) is 9.78. The fourth-order valence-electron chi connectivity index (χ4n) is 2.26. The SMILES string of the molecule is C=CCOc1ccc(/C=C/C(=O)Nc2cc(F)cc(Br)c2OC)cc1OC. The second-order valence-corrected chi connectivity index (χ2v) is 6.16. The van der Waals surface area contributed by atoms with Crippen LogP contribution in [0, 0.1) is 5.82 Å². The van der Waals surface area contributed by atoms with Gasteiger partial charge in [0.2, 0.25) is 5.91 Å². The Bertz CT molecular complexity index is 867. The van der Waals surface area contributed by atoms with Crippen LogP contribution in [0.4, 0.5) is 10.1 Å². The van der Waals surface area contributed by atoms with Crippen molar-refractivity contribution < 1.29 is 23.4 Å². The summed E-state index contributed by atoms with van der Waals surface area (Å²) in [5.41, 5.74) is 0.963. The minimum absolute atomic E-state index is 0.227. The molecule has 0 saturated carbocycles. The van der Waals surface area contributed by atoms with Crippen molar-refractivity contribution >= 4 is 33.6 Å². The van der Waals surface area contributed by atoms with Crippen LogP contribution < -0.4 is 19.5 Å². The van der Waals surface area contributed by atoms with Gasteiger partial charge in [0.25, 0.3) is 0 Å². The van der Waals surface area contributed by atoms with Crippen LogP contribution in [0.1, 0.15) is 5.56 Å². The molecule has 0 saturated heterocycles. The van der Waals surface area contributed by atoms with Gasteiger partial charge < -0.3 is 19.5 Å². The Morgan fingerprint density at radius 3 is 2.67 bits per heavy atom. The van der Waals surface area contributed by atoms with Crippen molar-refractivity contribution in [2.24, 2.45) is 0 Å². The van der Waals surface area contributed by atoms with Crippen LogP contribution in [0.15, 0.2) is 53.5 Å². The van der Waals surface area contributed by atoms with Gasteiger partial charge in [-0.1, -0.05) is 18.7 Å². The number of halogens is 2. The number of hydrogen-bond donors (Lipinski definition) is 1. The molecule has 0 spiro atoms. The third-order valence-corrected chi connectivity index (χ3v) is 4.03. The number of anilines is 1. The van der Waals surface area contributed by atoms with Gasteiger partial charge in [-0.3, -0.25) is 4.79 Å². The molecule has 1 amide bonds. The van der Waals surface area contributed by atoms with Crippen molar-refractivity contribution in [3.8, 4) is 17.2 Å². The van der Waals surface area contributed by atoms with E-state index in [2.05, 4.69) is 27.8 Å². The van der Waals surface area contributed by atoms with Crippen LogP contribution in [-0.2, 0) is 4.79 Å². The molecule has 7 heteroatoms. The van der Waals surface area contributed by atoms with Crippen LogP contribution in [0.2, 0.25) is 0 Å². The van der Waals surface area contributed by atoms with Crippen LogP contribution in [0.3, 0.4) is 0 Å². The first kappa shape index (κ1) is 20.5. The quantitative estimate of drug-likeness (QED) is 0.476. The first-order chi connectivity index (χ1) is 13.0. The molecule has 1 N–H and O–H groups in total. The molecule has 0 bridgehead atoms. The van der Waals surface area contributed by atoms with Gasteiger partial charge in [-0.25, -0.2) is 4.39 Å². The maximum Gasteiger partial charge on any atom is 0.248 e. The third kappa shape index (κ3) is 5.59. The molecule has 27 heavy (non-hydrogen) atoms. The van der Waals surface area contributed by atoms with E-state index in [0.717, 1.165) is 5.56 Å². The van der Waals surface area contributed by atoms with E-state index in [1.165, 1.54) is 32.4 Å². The van der Waals surface area contributed by atoms with E-state index in [1.807, 2.05) is 0 Å². The lowest BCUT2D eigenvalue weighted by Gasteiger charge is -2.11. The number of benzene rings is 2. The molecule has 2 rings (SSSR count). The van der Waals surface area contributed by atoms with Crippen LogP contribution in [0.25, 0.3) is 6.08 Å². The van der Waals surface area contributed by atoms with E-state index < -0.39 is 11.7 Å². The Morgan fingerprint density at radius 2 is 2.00 bits per heavy atom. The monoisotopic (exact) mass is 435 g/mol. The van der Waals surface area contributed by atoms with Crippen molar-refractivity contribution in [3.05, 3.63) is 64.9 Å². The van der Waals surface area contributed by atoms with Gasteiger partial charge in [0.05, 0.1) is 24.4 Å². The smallest absolute Gasteiger partial charge is 0.248 e. The highest BCUT2D eigenvalue weighted by Gasteiger charge is 2.12. The molecular weight excluding hydrogens is 417 g/mol. The number of methoxy groups -OCH3 is 2. The topological polar surface area (TPSA) is 56.8 Å². The molecule has 0 radical (unpaired) electrons. The molecule has 142 valence electrons.